The molecular weight excluding hydrogens is 156 g/mol. The van der Waals surface area contributed by atoms with Gasteiger partial charge in [-0.15, -0.1) is 0 Å². The topological polar surface area (TPSA) is 46.5 Å². The minimum atomic E-state index is -0.348. The summed E-state index contributed by atoms with van der Waals surface area (Å²) >= 11 is 0. The molecule has 0 rings (SSSR count). The lowest BCUT2D eigenvalue weighted by Gasteiger charge is -2.07. The van der Waals surface area contributed by atoms with Gasteiger partial charge in [-0.25, -0.2) is 0 Å². The molecule has 1 unspecified atom stereocenters. The van der Waals surface area contributed by atoms with Crippen molar-refractivity contribution in [3.8, 4) is 0 Å². The number of hydrogen-bond donors (Lipinski definition) is 1. The molecule has 0 amide bonds. The molecule has 0 aromatic rings. The second-order valence-electron chi connectivity index (χ2n) is 2.79. The summed E-state index contributed by atoms with van der Waals surface area (Å²) in [7, 11) is 0. The maximum atomic E-state index is 10.8. The maximum absolute atomic E-state index is 10.8. The van der Waals surface area contributed by atoms with Crippen molar-refractivity contribution in [1.29, 1.82) is 0 Å². The molecule has 0 aromatic carbocycles. The third-order valence-electron chi connectivity index (χ3n) is 1.61. The molecule has 0 aliphatic carbocycles. The summed E-state index contributed by atoms with van der Waals surface area (Å²) in [6, 6.07) is 0. The predicted octanol–water partition coefficient (Wildman–Crippen LogP) is 1.49. The molecular formula is C9H18O3. The van der Waals surface area contributed by atoms with Crippen LogP contribution < -0.4 is 0 Å². The van der Waals surface area contributed by atoms with E-state index in [0.717, 1.165) is 12.8 Å². The molecule has 12 heavy (non-hydrogen) atoms. The highest BCUT2D eigenvalue weighted by atomic mass is 16.5. The Morgan fingerprint density at radius 1 is 1.42 bits per heavy atom. The van der Waals surface area contributed by atoms with Crippen molar-refractivity contribution in [2.45, 2.75) is 45.6 Å². The van der Waals surface area contributed by atoms with Gasteiger partial charge in [0.2, 0.25) is 0 Å². The minimum absolute atomic E-state index is 0.215. The first kappa shape index (κ1) is 11.4. The Hall–Kier alpha value is -0.570. The van der Waals surface area contributed by atoms with Crippen LogP contribution in [0.4, 0.5) is 0 Å². The number of aliphatic hydroxyl groups excluding tert-OH is 1. The first-order valence-corrected chi connectivity index (χ1v) is 4.54. The summed E-state index contributed by atoms with van der Waals surface area (Å²) in [5.41, 5.74) is 0. The smallest absolute Gasteiger partial charge is 0.305 e. The van der Waals surface area contributed by atoms with E-state index in [4.69, 9.17) is 4.74 Å². The van der Waals surface area contributed by atoms with Crippen LogP contribution in [0.15, 0.2) is 0 Å². The quantitative estimate of drug-likeness (QED) is 0.620. The van der Waals surface area contributed by atoms with Crippen LogP contribution in [0.3, 0.4) is 0 Å². The number of carbonyl (C=O) groups excluding carboxylic acids is 1. The van der Waals surface area contributed by atoms with Gasteiger partial charge in [-0.2, -0.15) is 0 Å². The first-order chi connectivity index (χ1) is 5.70. The standard InChI is InChI=1S/C9H18O3/c1-3-5-8(10)6-7-9(11)12-4-2/h8,10H,3-7H2,1-2H3. The molecule has 0 spiro atoms. The second-order valence-corrected chi connectivity index (χ2v) is 2.79. The highest BCUT2D eigenvalue weighted by molar-refractivity contribution is 5.69. The van der Waals surface area contributed by atoms with Crippen LogP contribution in [0.1, 0.15) is 39.5 Å². The number of esters is 1. The normalized spacial score (nSPS) is 12.6. The van der Waals surface area contributed by atoms with Crippen molar-refractivity contribution in [3.05, 3.63) is 0 Å². The fourth-order valence-electron chi connectivity index (χ4n) is 0.995. The Morgan fingerprint density at radius 3 is 2.58 bits per heavy atom. The first-order valence-electron chi connectivity index (χ1n) is 4.54. The van der Waals surface area contributed by atoms with Crippen LogP contribution in [0.5, 0.6) is 0 Å². The van der Waals surface area contributed by atoms with Crippen LogP contribution >= 0.6 is 0 Å². The zero-order valence-electron chi connectivity index (χ0n) is 7.88. The largest absolute Gasteiger partial charge is 0.466 e. The minimum Gasteiger partial charge on any atom is -0.466 e. The SMILES string of the molecule is CCCC(O)CCC(=O)OCC. The average Bonchev–Trinajstić information content (AvgIpc) is 2.02. The summed E-state index contributed by atoms with van der Waals surface area (Å²) in [5, 5.41) is 9.26. The Bertz CT molecular complexity index is 123. The van der Waals surface area contributed by atoms with Crippen LogP contribution in [0.25, 0.3) is 0 Å². The average molecular weight is 174 g/mol. The number of hydrogen-bond acceptors (Lipinski definition) is 3. The van der Waals surface area contributed by atoms with E-state index in [-0.39, 0.29) is 12.1 Å². The summed E-state index contributed by atoms with van der Waals surface area (Å²) < 4.78 is 4.72. The van der Waals surface area contributed by atoms with Gasteiger partial charge in [0.15, 0.2) is 0 Å². The van der Waals surface area contributed by atoms with Crippen LogP contribution in [-0.4, -0.2) is 23.8 Å². The van der Waals surface area contributed by atoms with E-state index in [1.807, 2.05) is 6.92 Å². The van der Waals surface area contributed by atoms with Crippen molar-refractivity contribution >= 4 is 5.97 Å². The molecule has 0 aliphatic rings. The number of ether oxygens (including phenoxy) is 1. The third-order valence-corrected chi connectivity index (χ3v) is 1.61. The van der Waals surface area contributed by atoms with Gasteiger partial charge in [0, 0.05) is 6.42 Å². The van der Waals surface area contributed by atoms with Crippen LogP contribution in [-0.2, 0) is 9.53 Å². The molecule has 0 aromatic heterocycles. The molecule has 0 fully saturated rings. The summed E-state index contributed by atoms with van der Waals surface area (Å²) in [6.07, 6.45) is 2.21. The second kappa shape index (κ2) is 7.10. The van der Waals surface area contributed by atoms with Crippen molar-refractivity contribution < 1.29 is 14.6 Å². The van der Waals surface area contributed by atoms with Gasteiger partial charge in [0.1, 0.15) is 0 Å². The molecule has 3 nitrogen and oxygen atoms in total. The molecule has 0 aliphatic heterocycles. The molecule has 0 bridgehead atoms. The molecule has 0 radical (unpaired) electrons. The van der Waals surface area contributed by atoms with Crippen molar-refractivity contribution in [2.75, 3.05) is 6.61 Å². The Kier molecular flexibility index (Phi) is 6.76. The van der Waals surface area contributed by atoms with Gasteiger partial charge >= 0.3 is 5.97 Å². The molecule has 0 heterocycles. The molecule has 3 heteroatoms. The van der Waals surface area contributed by atoms with E-state index in [9.17, 15) is 9.90 Å². The monoisotopic (exact) mass is 174 g/mol. The van der Waals surface area contributed by atoms with Gasteiger partial charge in [-0.1, -0.05) is 13.3 Å². The van der Waals surface area contributed by atoms with E-state index in [0.29, 0.717) is 19.4 Å². The Morgan fingerprint density at radius 2 is 2.08 bits per heavy atom. The third kappa shape index (κ3) is 6.16. The fraction of sp³-hybridized carbons (Fsp3) is 0.889. The highest BCUT2D eigenvalue weighted by Gasteiger charge is 2.07. The van der Waals surface area contributed by atoms with Crippen molar-refractivity contribution in [1.82, 2.24) is 0 Å². The number of aliphatic hydroxyl groups is 1. The lowest BCUT2D eigenvalue weighted by atomic mass is 10.1. The molecule has 0 saturated heterocycles. The van der Waals surface area contributed by atoms with Gasteiger partial charge in [0.05, 0.1) is 12.7 Å². The fourth-order valence-corrected chi connectivity index (χ4v) is 0.995. The number of rotatable bonds is 6. The Labute approximate surface area is 73.7 Å². The molecule has 1 N–H and O–H groups in total. The highest BCUT2D eigenvalue weighted by Crippen LogP contribution is 2.04. The van der Waals surface area contributed by atoms with Gasteiger partial charge in [-0.3, -0.25) is 4.79 Å². The van der Waals surface area contributed by atoms with Crippen molar-refractivity contribution in [2.24, 2.45) is 0 Å². The van der Waals surface area contributed by atoms with Crippen LogP contribution in [0.2, 0.25) is 0 Å². The summed E-state index contributed by atoms with van der Waals surface area (Å²) in [4.78, 5) is 10.8. The number of carbonyl (C=O) groups is 1. The van der Waals surface area contributed by atoms with Gasteiger partial charge < -0.3 is 9.84 Å². The van der Waals surface area contributed by atoms with E-state index in [1.165, 1.54) is 0 Å². The van der Waals surface area contributed by atoms with Crippen LogP contribution in [0, 0.1) is 0 Å². The lowest BCUT2D eigenvalue weighted by molar-refractivity contribution is -0.143. The van der Waals surface area contributed by atoms with Crippen molar-refractivity contribution in [3.63, 3.8) is 0 Å². The van der Waals surface area contributed by atoms with E-state index >= 15 is 0 Å². The zero-order valence-corrected chi connectivity index (χ0v) is 7.88. The molecule has 72 valence electrons. The van der Waals surface area contributed by atoms with E-state index in [2.05, 4.69) is 0 Å². The Balaban J connectivity index is 3.33. The summed E-state index contributed by atoms with van der Waals surface area (Å²) in [5.74, 6) is -0.215. The molecule has 1 atom stereocenters. The maximum Gasteiger partial charge on any atom is 0.305 e. The van der Waals surface area contributed by atoms with E-state index in [1.54, 1.807) is 6.92 Å². The molecule has 0 saturated carbocycles. The van der Waals surface area contributed by atoms with E-state index < -0.39 is 0 Å². The summed E-state index contributed by atoms with van der Waals surface area (Å²) in [6.45, 7) is 4.21. The van der Waals surface area contributed by atoms with Gasteiger partial charge in [-0.05, 0) is 19.8 Å². The lowest BCUT2D eigenvalue weighted by Crippen LogP contribution is -2.11. The van der Waals surface area contributed by atoms with Gasteiger partial charge in [0.25, 0.3) is 0 Å². The predicted molar refractivity (Wildman–Crippen MR) is 46.8 cm³/mol. The zero-order chi connectivity index (χ0) is 9.40.